The number of thiophene rings is 1. The van der Waals surface area contributed by atoms with E-state index in [4.69, 9.17) is 27.1 Å². The minimum absolute atomic E-state index is 0.0353. The van der Waals surface area contributed by atoms with E-state index in [0.717, 1.165) is 76.2 Å². The highest BCUT2D eigenvalue weighted by Gasteiger charge is 2.40. The molecule has 7 rings (SSSR count). The van der Waals surface area contributed by atoms with Gasteiger partial charge in [-0.25, -0.2) is 8.78 Å². The smallest absolute Gasteiger partial charge is 0.319 e. The van der Waals surface area contributed by atoms with Crippen molar-refractivity contribution in [2.24, 2.45) is 5.41 Å². The maximum Gasteiger partial charge on any atom is 0.319 e. The minimum Gasteiger partial charge on any atom is -0.459 e. The van der Waals surface area contributed by atoms with Crippen LogP contribution in [0.5, 0.6) is 6.01 Å². The predicted octanol–water partition coefficient (Wildman–Crippen LogP) is 6.34. The number of ether oxygens (including phenoxy) is 1. The van der Waals surface area contributed by atoms with Gasteiger partial charge in [0.1, 0.15) is 34.3 Å². The molecular formula is C32H34ClF2N7OS. The van der Waals surface area contributed by atoms with Gasteiger partial charge in [0.15, 0.2) is 5.82 Å². The summed E-state index contributed by atoms with van der Waals surface area (Å²) >= 11 is 7.84. The largest absolute Gasteiger partial charge is 0.459 e. The number of likely N-dealkylation sites (tertiary alicyclic amines) is 1. The van der Waals surface area contributed by atoms with Crippen molar-refractivity contribution in [2.45, 2.75) is 51.2 Å². The van der Waals surface area contributed by atoms with Crippen molar-refractivity contribution in [3.05, 3.63) is 40.4 Å². The van der Waals surface area contributed by atoms with Crippen LogP contribution >= 0.6 is 22.9 Å². The molecule has 0 saturated carbocycles. The number of anilines is 2. The molecular weight excluding hydrogens is 604 g/mol. The molecule has 0 unspecified atom stereocenters. The Hall–Kier alpha value is -3.30. The lowest BCUT2D eigenvalue weighted by Gasteiger charge is -2.44. The van der Waals surface area contributed by atoms with Crippen LogP contribution in [-0.4, -0.2) is 66.8 Å². The Morgan fingerprint density at radius 3 is 2.75 bits per heavy atom. The van der Waals surface area contributed by atoms with Gasteiger partial charge in [0.2, 0.25) is 0 Å². The van der Waals surface area contributed by atoms with E-state index in [2.05, 4.69) is 33.2 Å². The first kappa shape index (κ1) is 29.4. The lowest BCUT2D eigenvalue weighted by atomic mass is 9.77. The highest BCUT2D eigenvalue weighted by Crippen LogP contribution is 2.46. The van der Waals surface area contributed by atoms with E-state index in [1.807, 2.05) is 6.92 Å². The summed E-state index contributed by atoms with van der Waals surface area (Å²) in [5.74, 6) is -0.617. The van der Waals surface area contributed by atoms with E-state index < -0.39 is 11.6 Å². The van der Waals surface area contributed by atoms with Crippen molar-refractivity contribution in [1.29, 1.82) is 5.26 Å². The number of likely N-dealkylation sites (N-methyl/N-ethyl adjacent to an activating group) is 1. The molecule has 12 heteroatoms. The van der Waals surface area contributed by atoms with Gasteiger partial charge in [0, 0.05) is 54.0 Å². The molecule has 44 heavy (non-hydrogen) atoms. The zero-order chi connectivity index (χ0) is 30.7. The summed E-state index contributed by atoms with van der Waals surface area (Å²) in [6.07, 6.45) is 5.10. The van der Waals surface area contributed by atoms with Crippen LogP contribution in [-0.2, 0) is 0 Å². The SMILES string of the molecule is C[C@H](Oc1nc(N2CCCCC3(CNC3)C2)c2cc(Cl)c(-c3ccc(F)c4sc(N)c(C#N)c34)c(F)c2n1)[C@@H]1CCCN1C. The Morgan fingerprint density at radius 1 is 1.23 bits per heavy atom. The van der Waals surface area contributed by atoms with Crippen molar-refractivity contribution in [1.82, 2.24) is 20.2 Å². The van der Waals surface area contributed by atoms with E-state index in [1.54, 1.807) is 6.07 Å². The highest BCUT2D eigenvalue weighted by atomic mass is 35.5. The van der Waals surface area contributed by atoms with Crippen LogP contribution in [0.2, 0.25) is 5.02 Å². The second-order valence-electron chi connectivity index (χ2n) is 12.5. The molecule has 230 valence electrons. The normalized spacial score (nSPS) is 21.0. The Morgan fingerprint density at radius 2 is 2.05 bits per heavy atom. The zero-order valence-electron chi connectivity index (χ0n) is 24.7. The van der Waals surface area contributed by atoms with Crippen molar-refractivity contribution >= 4 is 54.7 Å². The van der Waals surface area contributed by atoms with E-state index in [-0.39, 0.29) is 65.9 Å². The number of hydrogen-bond donors (Lipinski definition) is 2. The molecule has 3 aliphatic heterocycles. The molecule has 0 radical (unpaired) electrons. The quantitative estimate of drug-likeness (QED) is 0.261. The number of nitrogens with one attached hydrogen (secondary N) is 1. The van der Waals surface area contributed by atoms with Gasteiger partial charge in [0.05, 0.1) is 15.3 Å². The Kier molecular flexibility index (Phi) is 7.52. The van der Waals surface area contributed by atoms with Gasteiger partial charge in [-0.1, -0.05) is 24.1 Å². The maximum absolute atomic E-state index is 17.0. The van der Waals surface area contributed by atoms with E-state index in [0.29, 0.717) is 11.2 Å². The Bertz CT molecular complexity index is 1820. The molecule has 2 atom stereocenters. The Labute approximate surface area is 263 Å². The second kappa shape index (κ2) is 11.2. The maximum atomic E-state index is 17.0. The third-order valence-electron chi connectivity index (χ3n) is 9.66. The van der Waals surface area contributed by atoms with Gasteiger partial charge in [-0.3, -0.25) is 4.90 Å². The number of hydrogen-bond acceptors (Lipinski definition) is 9. The molecule has 3 aliphatic rings. The van der Waals surface area contributed by atoms with Crippen molar-refractivity contribution in [3.8, 4) is 23.2 Å². The fraction of sp³-hybridized carbons (Fsp3) is 0.469. The summed E-state index contributed by atoms with van der Waals surface area (Å²) in [5, 5.41) is 14.3. The molecule has 3 fully saturated rings. The molecule has 2 aromatic heterocycles. The number of nitriles is 1. The first-order chi connectivity index (χ1) is 21.2. The van der Waals surface area contributed by atoms with Crippen LogP contribution in [0.15, 0.2) is 18.2 Å². The molecule has 8 nitrogen and oxygen atoms in total. The van der Waals surface area contributed by atoms with Crippen molar-refractivity contribution in [2.75, 3.05) is 50.4 Å². The van der Waals surface area contributed by atoms with Crippen molar-refractivity contribution < 1.29 is 13.5 Å². The van der Waals surface area contributed by atoms with E-state index >= 15 is 4.39 Å². The number of nitrogens with two attached hydrogens (primary N) is 1. The van der Waals surface area contributed by atoms with Crippen molar-refractivity contribution in [3.63, 3.8) is 0 Å². The summed E-state index contributed by atoms with van der Waals surface area (Å²) in [6.45, 7) is 6.42. The van der Waals surface area contributed by atoms with Crippen LogP contribution < -0.4 is 20.7 Å². The highest BCUT2D eigenvalue weighted by molar-refractivity contribution is 7.23. The van der Waals surface area contributed by atoms with E-state index in [9.17, 15) is 9.65 Å². The molecule has 0 bridgehead atoms. The molecule has 3 N–H and O–H groups in total. The monoisotopic (exact) mass is 637 g/mol. The number of nitrogen functional groups attached to an aromatic ring is 1. The summed E-state index contributed by atoms with van der Waals surface area (Å²) < 4.78 is 38.4. The lowest BCUT2D eigenvalue weighted by molar-refractivity contribution is 0.112. The average molecular weight is 638 g/mol. The summed E-state index contributed by atoms with van der Waals surface area (Å²) in [4.78, 5) is 14.1. The standard InChI is InChI=1S/C32H34ClF2N7OS/c1-17(23-6-5-10-41(23)2)43-31-39-27-19(30(40-31)42-11-4-3-9-32(16-42)14-38-15-32)12-21(33)25(26(27)35)18-7-8-22(34)28-24(18)20(13-36)29(37)44-28/h7-8,12,17,23,38H,3-6,9-11,14-16,37H2,1-2H3/t17-,23-/m0/s1. The van der Waals surface area contributed by atoms with Crippen LogP contribution in [0, 0.1) is 28.4 Å². The van der Waals surface area contributed by atoms with Crippen LogP contribution in [0.4, 0.5) is 19.6 Å². The lowest BCUT2D eigenvalue weighted by Crippen LogP contribution is -2.58. The number of aromatic nitrogens is 2. The van der Waals surface area contributed by atoms with Gasteiger partial charge in [-0.2, -0.15) is 15.2 Å². The Balaban J connectivity index is 1.42. The number of benzene rings is 2. The van der Waals surface area contributed by atoms with Gasteiger partial charge >= 0.3 is 6.01 Å². The number of nitrogens with zero attached hydrogens (tertiary/aromatic N) is 5. The van der Waals surface area contributed by atoms with Crippen LogP contribution in [0.25, 0.3) is 32.1 Å². The van der Waals surface area contributed by atoms with E-state index in [1.165, 1.54) is 12.1 Å². The zero-order valence-corrected chi connectivity index (χ0v) is 26.3. The molecule has 3 saturated heterocycles. The number of rotatable bonds is 5. The summed E-state index contributed by atoms with van der Waals surface area (Å²) in [7, 11) is 2.08. The minimum atomic E-state index is -0.678. The third kappa shape index (κ3) is 4.83. The molecule has 5 heterocycles. The average Bonchev–Trinajstić information content (AvgIpc) is 3.47. The molecule has 4 aromatic rings. The fourth-order valence-corrected chi connectivity index (χ4v) is 8.54. The summed E-state index contributed by atoms with van der Waals surface area (Å²) in [6, 6.07) is 6.76. The molecule has 0 amide bonds. The van der Waals surface area contributed by atoms with Gasteiger partial charge in [-0.05, 0) is 63.9 Å². The topological polar surface area (TPSA) is 103 Å². The van der Waals surface area contributed by atoms with Gasteiger partial charge in [-0.15, -0.1) is 11.3 Å². The fourth-order valence-electron chi connectivity index (χ4n) is 7.30. The summed E-state index contributed by atoms with van der Waals surface area (Å²) in [5.41, 5.74) is 6.71. The number of halogens is 3. The third-order valence-corrected chi connectivity index (χ3v) is 11.0. The van der Waals surface area contributed by atoms with Crippen LogP contribution in [0.1, 0.15) is 44.6 Å². The van der Waals surface area contributed by atoms with Gasteiger partial charge < -0.3 is 20.7 Å². The predicted molar refractivity (Wildman–Crippen MR) is 172 cm³/mol. The van der Waals surface area contributed by atoms with Crippen LogP contribution in [0.3, 0.4) is 0 Å². The first-order valence-electron chi connectivity index (χ1n) is 15.1. The number of fused-ring (bicyclic) bond motifs is 2. The molecule has 2 aromatic carbocycles. The second-order valence-corrected chi connectivity index (χ2v) is 14.0. The first-order valence-corrected chi connectivity index (χ1v) is 16.3. The molecule has 0 aliphatic carbocycles. The molecule has 1 spiro atoms. The van der Waals surface area contributed by atoms with Gasteiger partial charge in [0.25, 0.3) is 0 Å².